The Kier molecular flexibility index (Phi) is 8.21. The number of hydrogen-bond acceptors (Lipinski definition) is 4. The van der Waals surface area contributed by atoms with Crippen molar-refractivity contribution in [1.82, 2.24) is 0 Å². The van der Waals surface area contributed by atoms with Gasteiger partial charge in [0.25, 0.3) is 0 Å². The second-order valence-electron chi connectivity index (χ2n) is 5.84. The third kappa shape index (κ3) is 8.18. The lowest BCUT2D eigenvalue weighted by Gasteiger charge is -2.36. The van der Waals surface area contributed by atoms with Crippen molar-refractivity contribution in [2.45, 2.75) is 45.8 Å². The molecule has 19 heavy (non-hydrogen) atoms. The fourth-order valence-corrected chi connectivity index (χ4v) is 2.08. The largest absolute Gasteiger partial charge is 0.463 e. The van der Waals surface area contributed by atoms with Crippen molar-refractivity contribution in [2.75, 3.05) is 26.4 Å². The van der Waals surface area contributed by atoms with Crippen LogP contribution >= 0.6 is 0 Å². The molecule has 0 aliphatic heterocycles. The van der Waals surface area contributed by atoms with Gasteiger partial charge < -0.3 is 13.9 Å². The van der Waals surface area contributed by atoms with Gasteiger partial charge in [0.15, 0.2) is 8.32 Å². The molecule has 112 valence electrons. The minimum atomic E-state index is -1.67. The molecule has 0 saturated carbocycles. The van der Waals surface area contributed by atoms with Crippen LogP contribution in [0.25, 0.3) is 0 Å². The van der Waals surface area contributed by atoms with Gasteiger partial charge >= 0.3 is 5.97 Å². The van der Waals surface area contributed by atoms with E-state index < -0.39 is 8.32 Å². The van der Waals surface area contributed by atoms with Gasteiger partial charge in [0.2, 0.25) is 0 Å². The molecule has 0 N–H and O–H groups in total. The van der Waals surface area contributed by atoms with E-state index in [1.54, 1.807) is 13.0 Å². The van der Waals surface area contributed by atoms with Crippen molar-refractivity contribution in [3.05, 3.63) is 12.2 Å². The van der Waals surface area contributed by atoms with Crippen LogP contribution in [-0.2, 0) is 18.7 Å². The molecule has 5 heteroatoms. The highest BCUT2D eigenvalue weighted by molar-refractivity contribution is 6.74. The summed E-state index contributed by atoms with van der Waals surface area (Å²) in [7, 11) is -1.67. The molecular weight excluding hydrogens is 260 g/mol. The standard InChI is InChI=1S/C14H28O4Si/c1-7-17-13(15)9-8-10-16-11-12-18-19(5,6)14(2,3)4/h8-9H,7,10-12H2,1-6H3/b9-8+. The van der Waals surface area contributed by atoms with E-state index in [9.17, 15) is 4.79 Å². The molecule has 0 atom stereocenters. The van der Waals surface area contributed by atoms with Crippen LogP contribution in [-0.4, -0.2) is 40.7 Å². The highest BCUT2D eigenvalue weighted by Crippen LogP contribution is 2.36. The van der Waals surface area contributed by atoms with Gasteiger partial charge in [0.1, 0.15) is 0 Å². The normalized spacial score (nSPS) is 12.9. The average molecular weight is 288 g/mol. The van der Waals surface area contributed by atoms with Crippen LogP contribution in [0.1, 0.15) is 27.7 Å². The molecule has 0 heterocycles. The molecule has 0 aliphatic carbocycles. The van der Waals surface area contributed by atoms with Gasteiger partial charge in [-0.3, -0.25) is 0 Å². The Bertz CT molecular complexity index is 292. The number of esters is 1. The quantitative estimate of drug-likeness (QED) is 0.298. The average Bonchev–Trinajstić information content (AvgIpc) is 2.26. The van der Waals surface area contributed by atoms with Gasteiger partial charge in [0.05, 0.1) is 26.4 Å². The Balaban J connectivity index is 3.69. The van der Waals surface area contributed by atoms with Crippen LogP contribution in [0.15, 0.2) is 12.2 Å². The smallest absolute Gasteiger partial charge is 0.330 e. The van der Waals surface area contributed by atoms with Gasteiger partial charge in [-0.1, -0.05) is 26.8 Å². The van der Waals surface area contributed by atoms with Crippen molar-refractivity contribution in [2.24, 2.45) is 0 Å². The summed E-state index contributed by atoms with van der Waals surface area (Å²) in [5.41, 5.74) is 0. The lowest BCUT2D eigenvalue weighted by molar-refractivity contribution is -0.137. The van der Waals surface area contributed by atoms with E-state index in [0.717, 1.165) is 0 Å². The second-order valence-corrected chi connectivity index (χ2v) is 10.6. The lowest BCUT2D eigenvalue weighted by Crippen LogP contribution is -2.41. The highest BCUT2D eigenvalue weighted by Gasteiger charge is 2.36. The summed E-state index contributed by atoms with van der Waals surface area (Å²) in [6, 6.07) is 0. The summed E-state index contributed by atoms with van der Waals surface area (Å²) < 4.78 is 16.1. The second kappa shape index (κ2) is 8.50. The first kappa shape index (κ1) is 18.3. The molecule has 0 aliphatic rings. The summed E-state index contributed by atoms with van der Waals surface area (Å²) in [6.45, 7) is 14.8. The number of carbonyl (C=O) groups is 1. The zero-order chi connectivity index (χ0) is 14.9. The summed E-state index contributed by atoms with van der Waals surface area (Å²) in [5, 5.41) is 0.219. The van der Waals surface area contributed by atoms with E-state index in [1.807, 2.05) is 0 Å². The summed E-state index contributed by atoms with van der Waals surface area (Å²) in [4.78, 5) is 11.0. The zero-order valence-corrected chi connectivity index (χ0v) is 14.1. The van der Waals surface area contributed by atoms with Crippen LogP contribution in [0.2, 0.25) is 18.1 Å². The van der Waals surface area contributed by atoms with Gasteiger partial charge in [-0.25, -0.2) is 4.79 Å². The van der Waals surface area contributed by atoms with Crippen LogP contribution in [0.4, 0.5) is 0 Å². The molecule has 0 spiro atoms. The van der Waals surface area contributed by atoms with Gasteiger partial charge in [-0.2, -0.15) is 0 Å². The number of carbonyl (C=O) groups excluding carboxylic acids is 1. The highest BCUT2D eigenvalue weighted by atomic mass is 28.4. The first-order valence-electron chi connectivity index (χ1n) is 6.75. The molecule has 0 rings (SSSR count). The van der Waals surface area contributed by atoms with Crippen molar-refractivity contribution in [1.29, 1.82) is 0 Å². The topological polar surface area (TPSA) is 44.8 Å². The minimum absolute atomic E-state index is 0.219. The number of ether oxygens (including phenoxy) is 2. The van der Waals surface area contributed by atoms with Gasteiger partial charge in [-0.15, -0.1) is 0 Å². The molecule has 0 aromatic rings. The maximum atomic E-state index is 11.0. The molecule has 0 aromatic carbocycles. The zero-order valence-electron chi connectivity index (χ0n) is 13.1. The third-order valence-electron chi connectivity index (χ3n) is 3.25. The minimum Gasteiger partial charge on any atom is -0.463 e. The third-order valence-corrected chi connectivity index (χ3v) is 7.79. The van der Waals surface area contributed by atoms with Crippen LogP contribution in [0.3, 0.4) is 0 Å². The predicted molar refractivity (Wildman–Crippen MR) is 79.7 cm³/mol. The fraction of sp³-hybridized carbons (Fsp3) is 0.786. The molecule has 0 bridgehead atoms. The van der Waals surface area contributed by atoms with E-state index in [-0.39, 0.29) is 11.0 Å². The van der Waals surface area contributed by atoms with E-state index in [2.05, 4.69) is 33.9 Å². The van der Waals surface area contributed by atoms with Gasteiger partial charge in [0, 0.05) is 6.08 Å². The number of hydrogen-bond donors (Lipinski definition) is 0. The molecule has 0 saturated heterocycles. The Hall–Kier alpha value is -0.653. The van der Waals surface area contributed by atoms with Crippen molar-refractivity contribution >= 4 is 14.3 Å². The maximum Gasteiger partial charge on any atom is 0.330 e. The van der Waals surface area contributed by atoms with Gasteiger partial charge in [-0.05, 0) is 25.1 Å². The monoisotopic (exact) mass is 288 g/mol. The first-order valence-corrected chi connectivity index (χ1v) is 9.66. The Morgan fingerprint density at radius 3 is 2.37 bits per heavy atom. The number of rotatable bonds is 8. The van der Waals surface area contributed by atoms with Crippen molar-refractivity contribution in [3.63, 3.8) is 0 Å². The fourth-order valence-electron chi connectivity index (χ4n) is 1.06. The van der Waals surface area contributed by atoms with E-state index in [1.165, 1.54) is 6.08 Å². The maximum absolute atomic E-state index is 11.0. The Morgan fingerprint density at radius 2 is 1.84 bits per heavy atom. The summed E-state index contributed by atoms with van der Waals surface area (Å²) in [5.74, 6) is -0.330. The Labute approximate surface area is 118 Å². The van der Waals surface area contributed by atoms with Crippen LogP contribution in [0.5, 0.6) is 0 Å². The molecule has 4 nitrogen and oxygen atoms in total. The molecular formula is C14H28O4Si. The van der Waals surface area contributed by atoms with E-state index >= 15 is 0 Å². The molecule has 0 unspecified atom stereocenters. The Morgan fingerprint density at radius 1 is 1.21 bits per heavy atom. The predicted octanol–water partition coefficient (Wildman–Crippen LogP) is 3.14. The molecule has 0 aromatic heterocycles. The van der Waals surface area contributed by atoms with E-state index in [4.69, 9.17) is 13.9 Å². The molecule has 0 amide bonds. The van der Waals surface area contributed by atoms with Crippen LogP contribution in [0, 0.1) is 0 Å². The van der Waals surface area contributed by atoms with Crippen LogP contribution < -0.4 is 0 Å². The summed E-state index contributed by atoms with van der Waals surface area (Å²) in [6.07, 6.45) is 3.04. The van der Waals surface area contributed by atoms with Crippen molar-refractivity contribution in [3.8, 4) is 0 Å². The molecule has 0 fully saturated rings. The van der Waals surface area contributed by atoms with Crippen molar-refractivity contribution < 1.29 is 18.7 Å². The van der Waals surface area contributed by atoms with E-state index in [0.29, 0.717) is 26.4 Å². The SMILES string of the molecule is CCOC(=O)/C=C/COCCO[Si](C)(C)C(C)(C)C. The first-order chi connectivity index (χ1) is 8.70. The summed E-state index contributed by atoms with van der Waals surface area (Å²) >= 11 is 0. The molecule has 0 radical (unpaired) electrons. The lowest BCUT2D eigenvalue weighted by atomic mass is 10.2.